The highest BCUT2D eigenvalue weighted by atomic mass is 16.2. The molecule has 4 nitrogen and oxygen atoms in total. The molecule has 0 aromatic carbocycles. The van der Waals surface area contributed by atoms with Crippen LogP contribution in [0.5, 0.6) is 0 Å². The standard InChI is InChI=1S/C10H21N3O/c1-5-10(2)9(14)13(8-11-10)7-6-12(3)4/h11H,5-8H2,1-4H3. The number of amides is 1. The van der Waals surface area contributed by atoms with Crippen LogP contribution in [0.25, 0.3) is 0 Å². The van der Waals surface area contributed by atoms with Crippen LogP contribution >= 0.6 is 0 Å². The van der Waals surface area contributed by atoms with Gasteiger partial charge in [0.2, 0.25) is 5.91 Å². The normalized spacial score (nSPS) is 27.8. The Balaban J connectivity index is 2.48. The van der Waals surface area contributed by atoms with Crippen LogP contribution in [-0.4, -0.2) is 55.1 Å². The minimum atomic E-state index is -0.327. The number of nitrogens with zero attached hydrogens (tertiary/aromatic N) is 2. The summed E-state index contributed by atoms with van der Waals surface area (Å²) < 4.78 is 0. The van der Waals surface area contributed by atoms with Gasteiger partial charge in [0, 0.05) is 13.1 Å². The molecule has 0 aromatic rings. The fourth-order valence-electron chi connectivity index (χ4n) is 1.54. The second-order valence-corrected chi connectivity index (χ2v) is 4.39. The molecule has 1 unspecified atom stereocenters. The first kappa shape index (κ1) is 11.5. The summed E-state index contributed by atoms with van der Waals surface area (Å²) in [5, 5.41) is 3.26. The second kappa shape index (κ2) is 4.28. The van der Waals surface area contributed by atoms with E-state index in [1.54, 1.807) is 0 Å². The van der Waals surface area contributed by atoms with Gasteiger partial charge < -0.3 is 9.80 Å². The lowest BCUT2D eigenvalue weighted by Gasteiger charge is -2.21. The Labute approximate surface area is 86.2 Å². The molecule has 0 spiro atoms. The molecule has 0 aliphatic carbocycles. The maximum atomic E-state index is 11.9. The van der Waals surface area contributed by atoms with Gasteiger partial charge in [0.25, 0.3) is 0 Å². The molecule has 0 saturated carbocycles. The zero-order chi connectivity index (χ0) is 10.8. The number of carbonyl (C=O) groups excluding carboxylic acids is 1. The van der Waals surface area contributed by atoms with Crippen molar-refractivity contribution in [3.05, 3.63) is 0 Å². The van der Waals surface area contributed by atoms with Gasteiger partial charge in [-0.3, -0.25) is 10.1 Å². The lowest BCUT2D eigenvalue weighted by molar-refractivity contribution is -0.132. The van der Waals surface area contributed by atoms with Crippen molar-refractivity contribution in [3.8, 4) is 0 Å². The molecule has 1 aliphatic heterocycles. The molecule has 1 fully saturated rings. The molecule has 0 aromatic heterocycles. The van der Waals surface area contributed by atoms with Crippen molar-refractivity contribution in [2.24, 2.45) is 0 Å². The Morgan fingerprint density at radius 2 is 2.21 bits per heavy atom. The average Bonchev–Trinajstić information content (AvgIpc) is 2.42. The van der Waals surface area contributed by atoms with Crippen molar-refractivity contribution in [3.63, 3.8) is 0 Å². The van der Waals surface area contributed by atoms with Gasteiger partial charge in [0.05, 0.1) is 12.2 Å². The fourth-order valence-corrected chi connectivity index (χ4v) is 1.54. The second-order valence-electron chi connectivity index (χ2n) is 4.39. The quantitative estimate of drug-likeness (QED) is 0.698. The van der Waals surface area contributed by atoms with Crippen molar-refractivity contribution in [1.82, 2.24) is 15.1 Å². The fraction of sp³-hybridized carbons (Fsp3) is 0.900. The van der Waals surface area contributed by atoms with Gasteiger partial charge >= 0.3 is 0 Å². The van der Waals surface area contributed by atoms with E-state index in [1.165, 1.54) is 0 Å². The molecule has 1 amide bonds. The summed E-state index contributed by atoms with van der Waals surface area (Å²) in [6, 6.07) is 0. The zero-order valence-corrected chi connectivity index (χ0v) is 9.63. The van der Waals surface area contributed by atoms with E-state index < -0.39 is 0 Å². The maximum Gasteiger partial charge on any atom is 0.243 e. The Kier molecular flexibility index (Phi) is 3.50. The van der Waals surface area contributed by atoms with Gasteiger partial charge in [0.1, 0.15) is 0 Å². The number of hydrogen-bond acceptors (Lipinski definition) is 3. The topological polar surface area (TPSA) is 35.6 Å². The van der Waals surface area contributed by atoms with Gasteiger partial charge in [-0.25, -0.2) is 0 Å². The van der Waals surface area contributed by atoms with E-state index >= 15 is 0 Å². The number of carbonyl (C=O) groups is 1. The monoisotopic (exact) mass is 199 g/mol. The Morgan fingerprint density at radius 3 is 2.64 bits per heavy atom. The molecule has 1 heterocycles. The van der Waals surface area contributed by atoms with Crippen molar-refractivity contribution >= 4 is 5.91 Å². The summed E-state index contributed by atoms with van der Waals surface area (Å²) >= 11 is 0. The molecular formula is C10H21N3O. The third kappa shape index (κ3) is 2.25. The Morgan fingerprint density at radius 1 is 1.57 bits per heavy atom. The Hall–Kier alpha value is -0.610. The summed E-state index contributed by atoms with van der Waals surface area (Å²) in [4.78, 5) is 15.9. The molecule has 1 aliphatic rings. The van der Waals surface area contributed by atoms with Crippen molar-refractivity contribution in [1.29, 1.82) is 0 Å². The highest BCUT2D eigenvalue weighted by Gasteiger charge is 2.40. The van der Waals surface area contributed by atoms with E-state index in [4.69, 9.17) is 0 Å². The SMILES string of the molecule is CCC1(C)NCN(CCN(C)C)C1=O. The number of hydrogen-bond donors (Lipinski definition) is 1. The summed E-state index contributed by atoms with van der Waals surface area (Å²) in [5.74, 6) is 0.238. The van der Waals surface area contributed by atoms with Crippen LogP contribution in [0, 0.1) is 0 Å². The minimum absolute atomic E-state index is 0.238. The summed E-state index contributed by atoms with van der Waals surface area (Å²) in [7, 11) is 4.04. The van der Waals surface area contributed by atoms with E-state index in [2.05, 4.69) is 10.2 Å². The van der Waals surface area contributed by atoms with Crippen LogP contribution in [-0.2, 0) is 4.79 Å². The van der Waals surface area contributed by atoms with Gasteiger partial charge in [0.15, 0.2) is 0 Å². The number of rotatable bonds is 4. The van der Waals surface area contributed by atoms with E-state index in [0.717, 1.165) is 19.5 Å². The number of nitrogens with one attached hydrogen (secondary N) is 1. The van der Waals surface area contributed by atoms with Crippen LogP contribution < -0.4 is 5.32 Å². The first-order chi connectivity index (χ1) is 6.49. The Bertz CT molecular complexity index is 217. The molecule has 82 valence electrons. The lowest BCUT2D eigenvalue weighted by Crippen LogP contribution is -2.43. The zero-order valence-electron chi connectivity index (χ0n) is 9.63. The van der Waals surface area contributed by atoms with Gasteiger partial charge in [-0.1, -0.05) is 6.92 Å². The first-order valence-electron chi connectivity index (χ1n) is 5.19. The predicted molar refractivity (Wildman–Crippen MR) is 57.0 cm³/mol. The maximum absolute atomic E-state index is 11.9. The smallest absolute Gasteiger partial charge is 0.243 e. The lowest BCUT2D eigenvalue weighted by atomic mass is 9.99. The molecule has 1 saturated heterocycles. The highest BCUT2D eigenvalue weighted by molar-refractivity contribution is 5.87. The van der Waals surface area contributed by atoms with Crippen LogP contribution in [0.2, 0.25) is 0 Å². The molecule has 0 bridgehead atoms. The van der Waals surface area contributed by atoms with Crippen LogP contribution in [0.1, 0.15) is 20.3 Å². The average molecular weight is 199 g/mol. The molecule has 1 atom stereocenters. The van der Waals surface area contributed by atoms with Crippen molar-refractivity contribution in [2.75, 3.05) is 33.9 Å². The number of likely N-dealkylation sites (N-methyl/N-ethyl adjacent to an activating group) is 1. The van der Waals surface area contributed by atoms with Crippen LogP contribution in [0.15, 0.2) is 0 Å². The molecule has 14 heavy (non-hydrogen) atoms. The van der Waals surface area contributed by atoms with Gasteiger partial charge in [-0.05, 0) is 27.4 Å². The van der Waals surface area contributed by atoms with Gasteiger partial charge in [-0.15, -0.1) is 0 Å². The summed E-state index contributed by atoms with van der Waals surface area (Å²) in [6.07, 6.45) is 0.851. The molecular weight excluding hydrogens is 178 g/mol. The molecule has 4 heteroatoms. The largest absolute Gasteiger partial charge is 0.327 e. The summed E-state index contributed by atoms with van der Waals surface area (Å²) in [5.41, 5.74) is -0.327. The highest BCUT2D eigenvalue weighted by Crippen LogP contribution is 2.18. The van der Waals surface area contributed by atoms with E-state index in [1.807, 2.05) is 32.8 Å². The molecule has 1 N–H and O–H groups in total. The summed E-state index contributed by atoms with van der Waals surface area (Å²) in [6.45, 7) is 6.45. The van der Waals surface area contributed by atoms with Crippen molar-refractivity contribution in [2.45, 2.75) is 25.8 Å². The molecule has 0 radical (unpaired) electrons. The third-order valence-corrected chi connectivity index (χ3v) is 2.94. The van der Waals surface area contributed by atoms with E-state index in [-0.39, 0.29) is 11.4 Å². The van der Waals surface area contributed by atoms with Crippen molar-refractivity contribution < 1.29 is 4.79 Å². The minimum Gasteiger partial charge on any atom is -0.327 e. The van der Waals surface area contributed by atoms with Crippen LogP contribution in [0.3, 0.4) is 0 Å². The van der Waals surface area contributed by atoms with E-state index in [0.29, 0.717) is 6.67 Å². The first-order valence-corrected chi connectivity index (χ1v) is 5.19. The predicted octanol–water partition coefficient (Wildman–Crippen LogP) is 0.106. The van der Waals surface area contributed by atoms with Gasteiger partial charge in [-0.2, -0.15) is 0 Å². The third-order valence-electron chi connectivity index (χ3n) is 2.94. The van der Waals surface area contributed by atoms with E-state index in [9.17, 15) is 4.79 Å². The molecule has 1 rings (SSSR count). The van der Waals surface area contributed by atoms with Crippen LogP contribution in [0.4, 0.5) is 0 Å².